The maximum absolute atomic E-state index is 5.59. The molecule has 2 atom stereocenters. The largest absolute Gasteiger partial charge is 0.377 e. The van der Waals surface area contributed by atoms with E-state index in [9.17, 15) is 0 Å². The summed E-state index contributed by atoms with van der Waals surface area (Å²) in [7, 11) is 2.18. The van der Waals surface area contributed by atoms with Crippen LogP contribution in [0.4, 0.5) is 0 Å². The van der Waals surface area contributed by atoms with Crippen molar-refractivity contribution in [2.45, 2.75) is 18.9 Å². The summed E-state index contributed by atoms with van der Waals surface area (Å²) in [6.07, 6.45) is 3.22. The molecule has 2 heterocycles. The van der Waals surface area contributed by atoms with Crippen LogP contribution in [0.2, 0.25) is 0 Å². The molecule has 0 aromatic carbocycles. The molecule has 0 aromatic heterocycles. The number of piperidine rings is 1. The molecule has 2 unspecified atom stereocenters. The molecule has 2 nitrogen and oxygen atoms in total. The molecule has 0 radical (unpaired) electrons. The Balaban J connectivity index is 1.96. The summed E-state index contributed by atoms with van der Waals surface area (Å²) in [6, 6.07) is 0. The van der Waals surface area contributed by atoms with Crippen LogP contribution in [-0.4, -0.2) is 37.7 Å². The number of rotatable bonds is 0. The van der Waals surface area contributed by atoms with Gasteiger partial charge in [0, 0.05) is 13.2 Å². The van der Waals surface area contributed by atoms with Gasteiger partial charge in [-0.3, -0.25) is 0 Å². The first kappa shape index (κ1) is 6.62. The van der Waals surface area contributed by atoms with Crippen LogP contribution in [0.1, 0.15) is 12.8 Å². The van der Waals surface area contributed by atoms with Crippen LogP contribution < -0.4 is 0 Å². The Bertz CT molecular complexity index is 126. The summed E-state index contributed by atoms with van der Waals surface area (Å²) in [5, 5.41) is 0. The van der Waals surface area contributed by atoms with E-state index in [1.54, 1.807) is 0 Å². The van der Waals surface area contributed by atoms with E-state index in [1.165, 1.54) is 19.4 Å². The molecule has 10 heavy (non-hydrogen) atoms. The molecule has 2 aliphatic rings. The highest BCUT2D eigenvalue weighted by Crippen LogP contribution is 2.27. The number of ether oxygens (including phenoxy) is 1. The van der Waals surface area contributed by atoms with E-state index in [2.05, 4.69) is 11.9 Å². The first-order valence-corrected chi connectivity index (χ1v) is 4.16. The van der Waals surface area contributed by atoms with Crippen LogP contribution >= 0.6 is 0 Å². The lowest BCUT2D eigenvalue weighted by molar-refractivity contribution is 0.0360. The van der Waals surface area contributed by atoms with Gasteiger partial charge in [0.25, 0.3) is 0 Å². The Kier molecular flexibility index (Phi) is 1.66. The molecular weight excluding hydrogens is 126 g/mol. The number of fused-ring (bicyclic) bond motifs is 1. The van der Waals surface area contributed by atoms with Crippen molar-refractivity contribution in [3.8, 4) is 0 Å². The third-order valence-corrected chi connectivity index (χ3v) is 2.72. The number of nitrogens with zero attached hydrogens (tertiary/aromatic N) is 1. The Morgan fingerprint density at radius 1 is 1.40 bits per heavy atom. The number of hydrogen-bond donors (Lipinski definition) is 0. The van der Waals surface area contributed by atoms with Gasteiger partial charge in [-0.05, 0) is 32.4 Å². The van der Waals surface area contributed by atoms with Gasteiger partial charge in [-0.2, -0.15) is 0 Å². The average Bonchev–Trinajstić information content (AvgIpc) is 2.33. The highest BCUT2D eigenvalue weighted by atomic mass is 16.5. The van der Waals surface area contributed by atoms with E-state index in [0.29, 0.717) is 6.10 Å². The Hall–Kier alpha value is -0.0800. The molecular formula is C8H15NO. The molecule has 0 bridgehead atoms. The molecule has 0 spiro atoms. The summed E-state index contributed by atoms with van der Waals surface area (Å²) < 4.78 is 5.59. The van der Waals surface area contributed by atoms with Crippen molar-refractivity contribution in [1.82, 2.24) is 4.90 Å². The van der Waals surface area contributed by atoms with Gasteiger partial charge in [-0.1, -0.05) is 0 Å². The summed E-state index contributed by atoms with van der Waals surface area (Å²) in [4.78, 5) is 2.37. The number of hydrogen-bond acceptors (Lipinski definition) is 2. The molecule has 2 aliphatic heterocycles. The first-order valence-electron chi connectivity index (χ1n) is 4.16. The minimum atomic E-state index is 0.568. The zero-order chi connectivity index (χ0) is 6.97. The van der Waals surface area contributed by atoms with E-state index in [0.717, 1.165) is 19.1 Å². The van der Waals surface area contributed by atoms with Gasteiger partial charge < -0.3 is 9.64 Å². The second kappa shape index (κ2) is 2.51. The summed E-state index contributed by atoms with van der Waals surface area (Å²) in [5.41, 5.74) is 0. The van der Waals surface area contributed by atoms with Gasteiger partial charge in [-0.15, -0.1) is 0 Å². The summed E-state index contributed by atoms with van der Waals surface area (Å²) in [5.74, 6) is 0.885. The standard InChI is InChI=1S/C8H15NO/c1-9-4-2-7-3-5-10-8(7)6-9/h7-8H,2-6H2,1H3. The van der Waals surface area contributed by atoms with Gasteiger partial charge in [0.15, 0.2) is 0 Å². The monoisotopic (exact) mass is 141 g/mol. The van der Waals surface area contributed by atoms with Crippen LogP contribution in [0.25, 0.3) is 0 Å². The van der Waals surface area contributed by atoms with Gasteiger partial charge >= 0.3 is 0 Å². The van der Waals surface area contributed by atoms with Crippen LogP contribution in [0.5, 0.6) is 0 Å². The van der Waals surface area contributed by atoms with E-state index >= 15 is 0 Å². The molecule has 58 valence electrons. The van der Waals surface area contributed by atoms with Crippen LogP contribution in [0.15, 0.2) is 0 Å². The average molecular weight is 141 g/mol. The molecule has 0 N–H and O–H groups in total. The Morgan fingerprint density at radius 2 is 2.30 bits per heavy atom. The highest BCUT2D eigenvalue weighted by molar-refractivity contribution is 4.83. The Morgan fingerprint density at radius 3 is 3.20 bits per heavy atom. The minimum absolute atomic E-state index is 0.568. The normalized spacial score (nSPS) is 41.7. The van der Waals surface area contributed by atoms with E-state index < -0.39 is 0 Å². The van der Waals surface area contributed by atoms with Crippen LogP contribution in [0, 0.1) is 5.92 Å². The maximum atomic E-state index is 5.59. The minimum Gasteiger partial charge on any atom is -0.377 e. The topological polar surface area (TPSA) is 12.5 Å². The predicted molar refractivity (Wildman–Crippen MR) is 40.0 cm³/mol. The van der Waals surface area contributed by atoms with Crippen molar-refractivity contribution in [2.24, 2.45) is 5.92 Å². The van der Waals surface area contributed by atoms with Crippen molar-refractivity contribution in [1.29, 1.82) is 0 Å². The molecule has 0 amide bonds. The fraction of sp³-hybridized carbons (Fsp3) is 1.00. The van der Waals surface area contributed by atoms with E-state index in [1.807, 2.05) is 0 Å². The molecule has 2 rings (SSSR count). The van der Waals surface area contributed by atoms with E-state index in [-0.39, 0.29) is 0 Å². The number of likely N-dealkylation sites (tertiary alicyclic amines) is 1. The third kappa shape index (κ3) is 1.06. The molecule has 2 saturated heterocycles. The van der Waals surface area contributed by atoms with Gasteiger partial charge in [0.1, 0.15) is 0 Å². The smallest absolute Gasteiger partial charge is 0.0731 e. The quantitative estimate of drug-likeness (QED) is 0.493. The lowest BCUT2D eigenvalue weighted by Gasteiger charge is -2.31. The summed E-state index contributed by atoms with van der Waals surface area (Å²) >= 11 is 0. The van der Waals surface area contributed by atoms with Crippen molar-refractivity contribution < 1.29 is 4.74 Å². The fourth-order valence-electron chi connectivity index (χ4n) is 2.01. The second-order valence-electron chi connectivity index (χ2n) is 3.51. The fourth-order valence-corrected chi connectivity index (χ4v) is 2.01. The molecule has 2 fully saturated rings. The molecule has 0 aromatic rings. The zero-order valence-electron chi connectivity index (χ0n) is 6.55. The van der Waals surface area contributed by atoms with Crippen molar-refractivity contribution in [3.63, 3.8) is 0 Å². The second-order valence-corrected chi connectivity index (χ2v) is 3.51. The molecule has 0 saturated carbocycles. The van der Waals surface area contributed by atoms with Crippen molar-refractivity contribution in [2.75, 3.05) is 26.7 Å². The number of likely N-dealkylation sites (N-methyl/N-ethyl adjacent to an activating group) is 1. The van der Waals surface area contributed by atoms with Gasteiger partial charge in [-0.25, -0.2) is 0 Å². The lowest BCUT2D eigenvalue weighted by atomic mass is 9.94. The zero-order valence-corrected chi connectivity index (χ0v) is 6.55. The van der Waals surface area contributed by atoms with Crippen LogP contribution in [-0.2, 0) is 4.74 Å². The van der Waals surface area contributed by atoms with Gasteiger partial charge in [0.05, 0.1) is 6.10 Å². The highest BCUT2D eigenvalue weighted by Gasteiger charge is 2.32. The van der Waals surface area contributed by atoms with Crippen molar-refractivity contribution in [3.05, 3.63) is 0 Å². The van der Waals surface area contributed by atoms with Gasteiger partial charge in [0.2, 0.25) is 0 Å². The summed E-state index contributed by atoms with van der Waals surface area (Å²) in [6.45, 7) is 3.43. The Labute approximate surface area is 62.2 Å². The predicted octanol–water partition coefficient (Wildman–Crippen LogP) is 0.727. The first-order chi connectivity index (χ1) is 4.86. The maximum Gasteiger partial charge on any atom is 0.0731 e. The van der Waals surface area contributed by atoms with Crippen molar-refractivity contribution >= 4 is 0 Å². The SMILES string of the molecule is CN1CCC2CCOC2C1. The van der Waals surface area contributed by atoms with E-state index in [4.69, 9.17) is 4.74 Å². The molecule has 2 heteroatoms. The lowest BCUT2D eigenvalue weighted by Crippen LogP contribution is -2.39. The molecule has 0 aliphatic carbocycles. The third-order valence-electron chi connectivity index (χ3n) is 2.72. The van der Waals surface area contributed by atoms with Crippen LogP contribution in [0.3, 0.4) is 0 Å².